The van der Waals surface area contributed by atoms with Crippen molar-refractivity contribution < 1.29 is 9.53 Å². The Bertz CT molecular complexity index is 440. The summed E-state index contributed by atoms with van der Waals surface area (Å²) in [6.45, 7) is 3.74. The summed E-state index contributed by atoms with van der Waals surface area (Å²) in [6, 6.07) is 7.92. The Balaban J connectivity index is 1.77. The first-order valence-electron chi connectivity index (χ1n) is 6.98. The van der Waals surface area contributed by atoms with Crippen molar-refractivity contribution in [3.63, 3.8) is 0 Å². The molecule has 2 N–H and O–H groups in total. The molecule has 0 saturated carbocycles. The summed E-state index contributed by atoms with van der Waals surface area (Å²) in [7, 11) is 0. The van der Waals surface area contributed by atoms with Crippen LogP contribution in [0.25, 0.3) is 0 Å². The van der Waals surface area contributed by atoms with Crippen LogP contribution in [0.5, 0.6) is 5.75 Å². The standard InChI is InChI=1S/C15H21IN2O2/c1-11(17)12-6-8-18(9-7-12)15(19)10-20-14-4-2-13(16)3-5-14/h2-5,11-12H,6-10,17H2,1H3. The van der Waals surface area contributed by atoms with Crippen molar-refractivity contribution in [2.24, 2.45) is 11.7 Å². The molecule has 0 bridgehead atoms. The van der Waals surface area contributed by atoms with Crippen LogP contribution in [0.3, 0.4) is 0 Å². The number of nitrogens with two attached hydrogens (primary N) is 1. The Morgan fingerprint density at radius 3 is 2.55 bits per heavy atom. The minimum atomic E-state index is 0.0617. The maximum atomic E-state index is 12.1. The van der Waals surface area contributed by atoms with Crippen molar-refractivity contribution in [3.8, 4) is 5.75 Å². The Hall–Kier alpha value is -0.820. The fraction of sp³-hybridized carbons (Fsp3) is 0.533. The lowest BCUT2D eigenvalue weighted by Crippen LogP contribution is -2.44. The highest BCUT2D eigenvalue weighted by Gasteiger charge is 2.24. The molecule has 0 aromatic heterocycles. The molecule has 1 atom stereocenters. The Morgan fingerprint density at radius 1 is 1.40 bits per heavy atom. The van der Waals surface area contributed by atoms with Gasteiger partial charge in [-0.2, -0.15) is 0 Å². The van der Waals surface area contributed by atoms with E-state index in [1.165, 1.54) is 0 Å². The summed E-state index contributed by atoms with van der Waals surface area (Å²) >= 11 is 2.24. The molecule has 110 valence electrons. The number of rotatable bonds is 4. The molecular formula is C15H21IN2O2. The molecule has 20 heavy (non-hydrogen) atoms. The Morgan fingerprint density at radius 2 is 2.00 bits per heavy atom. The molecule has 0 radical (unpaired) electrons. The lowest BCUT2D eigenvalue weighted by Gasteiger charge is -2.33. The van der Waals surface area contributed by atoms with E-state index in [2.05, 4.69) is 22.6 Å². The van der Waals surface area contributed by atoms with Crippen LogP contribution < -0.4 is 10.5 Å². The number of halogens is 1. The normalized spacial score (nSPS) is 17.9. The lowest BCUT2D eigenvalue weighted by atomic mass is 9.91. The second-order valence-electron chi connectivity index (χ2n) is 5.32. The van der Waals surface area contributed by atoms with Crippen LogP contribution in [0.15, 0.2) is 24.3 Å². The topological polar surface area (TPSA) is 55.6 Å². The Kier molecular flexibility index (Phi) is 5.65. The molecule has 0 aliphatic carbocycles. The van der Waals surface area contributed by atoms with Crippen molar-refractivity contribution in [1.29, 1.82) is 0 Å². The fourth-order valence-electron chi connectivity index (χ4n) is 2.44. The fourth-order valence-corrected chi connectivity index (χ4v) is 2.80. The quantitative estimate of drug-likeness (QED) is 0.806. The van der Waals surface area contributed by atoms with Crippen LogP contribution >= 0.6 is 22.6 Å². The molecule has 0 spiro atoms. The monoisotopic (exact) mass is 388 g/mol. The van der Waals surface area contributed by atoms with Gasteiger partial charge in [0, 0.05) is 22.7 Å². The van der Waals surface area contributed by atoms with Crippen LogP contribution in [0.4, 0.5) is 0 Å². The van der Waals surface area contributed by atoms with Crippen LogP contribution in [0.1, 0.15) is 19.8 Å². The van der Waals surface area contributed by atoms with Gasteiger partial charge in [0.15, 0.2) is 6.61 Å². The second-order valence-corrected chi connectivity index (χ2v) is 6.57. The van der Waals surface area contributed by atoms with Crippen LogP contribution in [0, 0.1) is 9.49 Å². The van der Waals surface area contributed by atoms with Gasteiger partial charge in [-0.05, 0) is 72.5 Å². The number of piperidine rings is 1. The summed E-state index contributed by atoms with van der Waals surface area (Å²) < 4.78 is 6.68. The number of hydrogen-bond donors (Lipinski definition) is 1. The largest absolute Gasteiger partial charge is 0.484 e. The highest BCUT2D eigenvalue weighted by molar-refractivity contribution is 14.1. The summed E-state index contributed by atoms with van der Waals surface area (Å²) in [5.41, 5.74) is 5.91. The predicted molar refractivity (Wildman–Crippen MR) is 87.6 cm³/mol. The van der Waals surface area contributed by atoms with Crippen LogP contribution in [-0.4, -0.2) is 36.5 Å². The summed E-state index contributed by atoms with van der Waals surface area (Å²) in [5, 5.41) is 0. The number of ether oxygens (including phenoxy) is 1. The van der Waals surface area contributed by atoms with Gasteiger partial charge in [0.2, 0.25) is 0 Å². The van der Waals surface area contributed by atoms with E-state index >= 15 is 0 Å². The van der Waals surface area contributed by atoms with Crippen molar-refractivity contribution in [2.45, 2.75) is 25.8 Å². The van der Waals surface area contributed by atoms with E-state index < -0.39 is 0 Å². The van der Waals surface area contributed by atoms with E-state index in [1.54, 1.807) is 0 Å². The van der Waals surface area contributed by atoms with Crippen molar-refractivity contribution in [2.75, 3.05) is 19.7 Å². The van der Waals surface area contributed by atoms with Crippen molar-refractivity contribution in [3.05, 3.63) is 27.8 Å². The minimum absolute atomic E-state index is 0.0617. The first-order valence-corrected chi connectivity index (χ1v) is 8.06. The molecule has 1 aliphatic heterocycles. The number of benzene rings is 1. The number of hydrogen-bond acceptors (Lipinski definition) is 3. The number of nitrogens with zero attached hydrogens (tertiary/aromatic N) is 1. The molecule has 1 aliphatic rings. The zero-order valence-electron chi connectivity index (χ0n) is 11.7. The predicted octanol–water partition coefficient (Wildman–Crippen LogP) is 2.26. The smallest absolute Gasteiger partial charge is 0.260 e. The van der Waals surface area contributed by atoms with E-state index in [1.807, 2.05) is 36.1 Å². The molecule has 1 fully saturated rings. The average molecular weight is 388 g/mol. The van der Waals surface area contributed by atoms with Gasteiger partial charge < -0.3 is 15.4 Å². The molecule has 5 heteroatoms. The van der Waals surface area contributed by atoms with Gasteiger partial charge in [0.25, 0.3) is 5.91 Å². The highest BCUT2D eigenvalue weighted by atomic mass is 127. The van der Waals surface area contributed by atoms with Gasteiger partial charge in [-0.1, -0.05) is 0 Å². The number of carbonyl (C=O) groups is 1. The molecular weight excluding hydrogens is 367 g/mol. The third-order valence-corrected chi connectivity index (χ3v) is 4.53. The first-order chi connectivity index (χ1) is 9.56. The zero-order chi connectivity index (χ0) is 14.5. The molecule has 1 unspecified atom stereocenters. The minimum Gasteiger partial charge on any atom is -0.484 e. The van der Waals surface area contributed by atoms with Gasteiger partial charge in [0.05, 0.1) is 0 Å². The van der Waals surface area contributed by atoms with E-state index in [-0.39, 0.29) is 18.6 Å². The summed E-state index contributed by atoms with van der Waals surface area (Å²) in [6.07, 6.45) is 1.99. The maximum Gasteiger partial charge on any atom is 0.260 e. The number of carbonyl (C=O) groups excluding carboxylic acids is 1. The lowest BCUT2D eigenvalue weighted by molar-refractivity contribution is -0.134. The van der Waals surface area contributed by atoms with E-state index in [4.69, 9.17) is 10.5 Å². The highest BCUT2D eigenvalue weighted by Crippen LogP contribution is 2.20. The van der Waals surface area contributed by atoms with E-state index in [0.717, 1.165) is 35.3 Å². The molecule has 1 aromatic carbocycles. The van der Waals surface area contributed by atoms with E-state index in [0.29, 0.717) is 5.92 Å². The van der Waals surface area contributed by atoms with Crippen molar-refractivity contribution >= 4 is 28.5 Å². The maximum absolute atomic E-state index is 12.1. The van der Waals surface area contributed by atoms with Crippen molar-refractivity contribution in [1.82, 2.24) is 4.90 Å². The number of amides is 1. The Labute approximate surface area is 133 Å². The van der Waals surface area contributed by atoms with Gasteiger partial charge in [0.1, 0.15) is 5.75 Å². The molecule has 1 saturated heterocycles. The van der Waals surface area contributed by atoms with E-state index in [9.17, 15) is 4.79 Å². The molecule has 4 nitrogen and oxygen atoms in total. The van der Waals surface area contributed by atoms with Crippen LogP contribution in [-0.2, 0) is 4.79 Å². The summed E-state index contributed by atoms with van der Waals surface area (Å²) in [5.74, 6) is 1.34. The third-order valence-electron chi connectivity index (χ3n) is 3.81. The molecule has 2 rings (SSSR count). The first kappa shape index (κ1) is 15.6. The number of likely N-dealkylation sites (tertiary alicyclic amines) is 1. The summed E-state index contributed by atoms with van der Waals surface area (Å²) in [4.78, 5) is 14.0. The molecule has 1 aromatic rings. The average Bonchev–Trinajstić information content (AvgIpc) is 2.46. The zero-order valence-corrected chi connectivity index (χ0v) is 13.9. The van der Waals surface area contributed by atoms with Crippen LogP contribution in [0.2, 0.25) is 0 Å². The second kappa shape index (κ2) is 7.26. The SMILES string of the molecule is CC(N)C1CCN(C(=O)COc2ccc(I)cc2)CC1. The van der Waals surface area contributed by atoms with Gasteiger partial charge in [-0.3, -0.25) is 4.79 Å². The third kappa shape index (κ3) is 4.34. The van der Waals surface area contributed by atoms with Gasteiger partial charge >= 0.3 is 0 Å². The molecule has 1 heterocycles. The van der Waals surface area contributed by atoms with Gasteiger partial charge in [-0.25, -0.2) is 0 Å². The van der Waals surface area contributed by atoms with Gasteiger partial charge in [-0.15, -0.1) is 0 Å². The molecule has 1 amide bonds.